The minimum absolute atomic E-state index is 0.0440. The highest BCUT2D eigenvalue weighted by atomic mass is 35.5. The van der Waals surface area contributed by atoms with Crippen molar-refractivity contribution in [3.05, 3.63) is 57.2 Å². The van der Waals surface area contributed by atoms with Gasteiger partial charge in [-0.25, -0.2) is 0 Å². The first-order chi connectivity index (χ1) is 11.6. The van der Waals surface area contributed by atoms with Crippen molar-refractivity contribution in [2.45, 2.75) is 25.3 Å². The topological polar surface area (TPSA) is 49.4 Å². The smallest absolute Gasteiger partial charge is 0.264 e. The van der Waals surface area contributed by atoms with Gasteiger partial charge >= 0.3 is 0 Å². The van der Waals surface area contributed by atoms with Crippen molar-refractivity contribution in [2.75, 3.05) is 13.1 Å². The fourth-order valence-corrected chi connectivity index (χ4v) is 3.86. The van der Waals surface area contributed by atoms with E-state index < -0.39 is 0 Å². The molecule has 2 heterocycles. The maximum atomic E-state index is 12.5. The number of hydrogen-bond acceptors (Lipinski definition) is 3. The summed E-state index contributed by atoms with van der Waals surface area (Å²) in [7, 11) is 0. The molecule has 3 rings (SSSR count). The molecule has 1 N–H and O–H groups in total. The van der Waals surface area contributed by atoms with Crippen LogP contribution in [-0.2, 0) is 11.2 Å². The Bertz CT molecular complexity index is 718. The second kappa shape index (κ2) is 7.81. The van der Waals surface area contributed by atoms with Crippen molar-refractivity contribution in [1.29, 1.82) is 0 Å². The van der Waals surface area contributed by atoms with Gasteiger partial charge in [-0.1, -0.05) is 29.8 Å². The monoisotopic (exact) mass is 362 g/mol. The lowest BCUT2D eigenvalue weighted by Gasteiger charge is -2.23. The lowest BCUT2D eigenvalue weighted by Crippen LogP contribution is -2.46. The SMILES string of the molecule is O=C(NCCc1cccc(Cl)c1)C1CCCN1C(=O)c1cccs1. The van der Waals surface area contributed by atoms with E-state index in [4.69, 9.17) is 11.6 Å². The van der Waals surface area contributed by atoms with Gasteiger partial charge in [0.1, 0.15) is 6.04 Å². The molecule has 1 aliphatic rings. The first kappa shape index (κ1) is 17.0. The third kappa shape index (κ3) is 3.97. The van der Waals surface area contributed by atoms with Crippen molar-refractivity contribution >= 4 is 34.8 Å². The summed E-state index contributed by atoms with van der Waals surface area (Å²) in [6, 6.07) is 10.9. The van der Waals surface area contributed by atoms with Crippen LogP contribution in [0.1, 0.15) is 28.1 Å². The molecule has 1 aliphatic heterocycles. The predicted octanol–water partition coefficient (Wildman–Crippen LogP) is 3.37. The molecule has 1 fully saturated rings. The second-order valence-electron chi connectivity index (χ2n) is 5.80. The van der Waals surface area contributed by atoms with Gasteiger partial charge < -0.3 is 10.2 Å². The van der Waals surface area contributed by atoms with Crippen LogP contribution in [0, 0.1) is 0 Å². The number of amides is 2. The third-order valence-corrected chi connectivity index (χ3v) is 5.24. The second-order valence-corrected chi connectivity index (χ2v) is 7.19. The van der Waals surface area contributed by atoms with Crippen LogP contribution in [0.4, 0.5) is 0 Å². The molecule has 0 aliphatic carbocycles. The van der Waals surface area contributed by atoms with Gasteiger partial charge in [0.25, 0.3) is 5.91 Å². The molecule has 0 bridgehead atoms. The number of thiophene rings is 1. The van der Waals surface area contributed by atoms with Crippen molar-refractivity contribution in [3.8, 4) is 0 Å². The minimum Gasteiger partial charge on any atom is -0.354 e. The van der Waals surface area contributed by atoms with E-state index in [1.807, 2.05) is 35.7 Å². The quantitative estimate of drug-likeness (QED) is 0.886. The van der Waals surface area contributed by atoms with Gasteiger partial charge in [-0.3, -0.25) is 9.59 Å². The number of nitrogens with zero attached hydrogens (tertiary/aromatic N) is 1. The molecule has 2 amide bonds. The van der Waals surface area contributed by atoms with Gasteiger partial charge in [0.15, 0.2) is 0 Å². The maximum absolute atomic E-state index is 12.5. The van der Waals surface area contributed by atoms with Crippen LogP contribution in [0.15, 0.2) is 41.8 Å². The highest BCUT2D eigenvalue weighted by molar-refractivity contribution is 7.12. The van der Waals surface area contributed by atoms with Crippen LogP contribution in [0.2, 0.25) is 5.02 Å². The number of likely N-dealkylation sites (tertiary alicyclic amines) is 1. The summed E-state index contributed by atoms with van der Waals surface area (Å²) in [5.74, 6) is -0.114. The van der Waals surface area contributed by atoms with Crippen LogP contribution in [-0.4, -0.2) is 35.8 Å². The lowest BCUT2D eigenvalue weighted by molar-refractivity contribution is -0.124. The first-order valence-electron chi connectivity index (χ1n) is 8.02. The molecule has 24 heavy (non-hydrogen) atoms. The van der Waals surface area contributed by atoms with Crippen LogP contribution >= 0.6 is 22.9 Å². The highest BCUT2D eigenvalue weighted by Gasteiger charge is 2.34. The summed E-state index contributed by atoms with van der Waals surface area (Å²) < 4.78 is 0. The molecule has 1 unspecified atom stereocenters. The molecule has 0 spiro atoms. The fourth-order valence-electron chi connectivity index (χ4n) is 2.96. The predicted molar refractivity (Wildman–Crippen MR) is 96.5 cm³/mol. The maximum Gasteiger partial charge on any atom is 0.264 e. The van der Waals surface area contributed by atoms with E-state index in [1.165, 1.54) is 11.3 Å². The molecule has 0 radical (unpaired) electrons. The van der Waals surface area contributed by atoms with E-state index in [1.54, 1.807) is 11.0 Å². The zero-order valence-corrected chi connectivity index (χ0v) is 14.8. The van der Waals surface area contributed by atoms with E-state index in [9.17, 15) is 9.59 Å². The molecule has 1 aromatic carbocycles. The molecular weight excluding hydrogens is 344 g/mol. The Morgan fingerprint density at radius 2 is 2.17 bits per heavy atom. The molecule has 126 valence electrons. The zero-order valence-electron chi connectivity index (χ0n) is 13.2. The van der Waals surface area contributed by atoms with E-state index in [0.717, 1.165) is 24.8 Å². The van der Waals surface area contributed by atoms with Gasteiger partial charge in [-0.05, 0) is 48.4 Å². The van der Waals surface area contributed by atoms with Crippen molar-refractivity contribution in [1.82, 2.24) is 10.2 Å². The average Bonchev–Trinajstić information content (AvgIpc) is 3.26. The van der Waals surface area contributed by atoms with Crippen molar-refractivity contribution in [3.63, 3.8) is 0 Å². The van der Waals surface area contributed by atoms with Crippen LogP contribution in [0.25, 0.3) is 0 Å². The normalized spacial score (nSPS) is 17.0. The number of nitrogens with one attached hydrogen (secondary N) is 1. The summed E-state index contributed by atoms with van der Waals surface area (Å²) in [6.45, 7) is 1.18. The summed E-state index contributed by atoms with van der Waals surface area (Å²) in [5.41, 5.74) is 1.08. The number of carbonyl (C=O) groups excluding carboxylic acids is 2. The average molecular weight is 363 g/mol. The van der Waals surface area contributed by atoms with E-state index in [2.05, 4.69) is 5.32 Å². The van der Waals surface area contributed by atoms with E-state index in [-0.39, 0.29) is 17.9 Å². The van der Waals surface area contributed by atoms with Gasteiger partial charge in [0, 0.05) is 18.1 Å². The van der Waals surface area contributed by atoms with Crippen LogP contribution in [0.3, 0.4) is 0 Å². The summed E-state index contributed by atoms with van der Waals surface area (Å²) in [6.07, 6.45) is 2.31. The molecule has 0 saturated carbocycles. The molecule has 1 atom stereocenters. The number of halogens is 1. The molecule has 1 aromatic heterocycles. The Morgan fingerprint density at radius 3 is 2.92 bits per heavy atom. The number of hydrogen-bond donors (Lipinski definition) is 1. The van der Waals surface area contributed by atoms with Gasteiger partial charge in [0.05, 0.1) is 4.88 Å². The highest BCUT2D eigenvalue weighted by Crippen LogP contribution is 2.22. The third-order valence-electron chi connectivity index (χ3n) is 4.15. The number of benzene rings is 1. The van der Waals surface area contributed by atoms with Crippen LogP contribution < -0.4 is 5.32 Å². The molecule has 4 nitrogen and oxygen atoms in total. The number of rotatable bonds is 5. The lowest BCUT2D eigenvalue weighted by atomic mass is 10.1. The van der Waals surface area contributed by atoms with E-state index >= 15 is 0 Å². The zero-order chi connectivity index (χ0) is 16.9. The van der Waals surface area contributed by atoms with Gasteiger partial charge in [-0.2, -0.15) is 0 Å². The van der Waals surface area contributed by atoms with Gasteiger partial charge in [-0.15, -0.1) is 11.3 Å². The van der Waals surface area contributed by atoms with Crippen molar-refractivity contribution in [2.24, 2.45) is 0 Å². The molecular formula is C18H19ClN2O2S. The van der Waals surface area contributed by atoms with Gasteiger partial charge in [0.2, 0.25) is 5.91 Å². The Labute approximate surface area is 150 Å². The Balaban J connectivity index is 1.55. The molecule has 6 heteroatoms. The standard InChI is InChI=1S/C18H19ClN2O2S/c19-14-5-1-4-13(12-14)8-9-20-17(22)15-6-2-10-21(15)18(23)16-7-3-11-24-16/h1,3-5,7,11-12,15H,2,6,8-10H2,(H,20,22). The minimum atomic E-state index is -0.362. The Kier molecular flexibility index (Phi) is 5.53. The summed E-state index contributed by atoms with van der Waals surface area (Å²) in [5, 5.41) is 5.53. The Hall–Kier alpha value is -1.85. The largest absolute Gasteiger partial charge is 0.354 e. The number of carbonyl (C=O) groups is 2. The molecule has 2 aromatic rings. The van der Waals surface area contributed by atoms with Crippen LogP contribution in [0.5, 0.6) is 0 Å². The fraction of sp³-hybridized carbons (Fsp3) is 0.333. The first-order valence-corrected chi connectivity index (χ1v) is 9.27. The Morgan fingerprint density at radius 1 is 1.29 bits per heavy atom. The van der Waals surface area contributed by atoms with E-state index in [0.29, 0.717) is 23.0 Å². The summed E-state index contributed by atoms with van der Waals surface area (Å²) >= 11 is 7.37. The van der Waals surface area contributed by atoms with Crippen molar-refractivity contribution < 1.29 is 9.59 Å². The summed E-state index contributed by atoms with van der Waals surface area (Å²) in [4.78, 5) is 27.3. The molecule has 1 saturated heterocycles.